The summed E-state index contributed by atoms with van der Waals surface area (Å²) >= 11 is 0. The van der Waals surface area contributed by atoms with E-state index in [1.807, 2.05) is 0 Å². The number of hydrogen-bond donors (Lipinski definition) is 6. The summed E-state index contributed by atoms with van der Waals surface area (Å²) in [4.78, 5) is 62.1. The summed E-state index contributed by atoms with van der Waals surface area (Å²) in [6, 6.07) is 3.17. The second-order valence-corrected chi connectivity index (χ2v) is 14.3. The van der Waals surface area contributed by atoms with Crippen LogP contribution in [0.15, 0.2) is 18.2 Å². The SMILES string of the molecule is CCCCCCCCCCCCCCNC(=O)Nc1cc(NC(=O)NCCCCCCCCCCCCCC)cc(C(=O)N(CC(=O)O)CC(=O)O)c1. The minimum Gasteiger partial charge on any atom is -0.480 e. The van der Waals surface area contributed by atoms with Crippen LogP contribution in [0.5, 0.6) is 0 Å². The third-order valence-electron chi connectivity index (χ3n) is 9.27. The van der Waals surface area contributed by atoms with E-state index in [0.717, 1.165) is 38.5 Å². The second-order valence-electron chi connectivity index (χ2n) is 14.3. The van der Waals surface area contributed by atoms with Crippen LogP contribution in [-0.4, -0.2) is 71.2 Å². The first kappa shape index (κ1) is 47.2. The molecular weight excluding hydrogens is 674 g/mol. The number of rotatable bonds is 33. The van der Waals surface area contributed by atoms with Gasteiger partial charge in [0.15, 0.2) is 0 Å². The lowest BCUT2D eigenvalue weighted by molar-refractivity contribution is -0.140. The molecule has 302 valence electrons. The highest BCUT2D eigenvalue weighted by Crippen LogP contribution is 2.21. The van der Waals surface area contributed by atoms with Crippen LogP contribution >= 0.6 is 0 Å². The number of unbranched alkanes of at least 4 members (excludes halogenated alkanes) is 22. The predicted octanol–water partition coefficient (Wildman–Crippen LogP) is 9.94. The van der Waals surface area contributed by atoms with Gasteiger partial charge in [-0.2, -0.15) is 0 Å². The van der Waals surface area contributed by atoms with Crippen LogP contribution in [0, 0.1) is 0 Å². The number of benzene rings is 1. The van der Waals surface area contributed by atoms with Crippen LogP contribution in [-0.2, 0) is 9.59 Å². The van der Waals surface area contributed by atoms with Crippen LogP contribution in [0.25, 0.3) is 0 Å². The first-order valence-corrected chi connectivity index (χ1v) is 20.6. The van der Waals surface area contributed by atoms with Crippen LogP contribution < -0.4 is 21.3 Å². The number of nitrogens with one attached hydrogen (secondary N) is 4. The minimum atomic E-state index is -1.37. The molecule has 0 spiro atoms. The van der Waals surface area contributed by atoms with Gasteiger partial charge in [-0.15, -0.1) is 0 Å². The van der Waals surface area contributed by atoms with Crippen LogP contribution in [0.4, 0.5) is 21.0 Å². The molecule has 0 bridgehead atoms. The van der Waals surface area contributed by atoms with Crippen LogP contribution in [0.1, 0.15) is 178 Å². The molecule has 6 N–H and O–H groups in total. The number of amides is 5. The Kier molecular flexibility index (Phi) is 28.2. The van der Waals surface area contributed by atoms with E-state index in [-0.39, 0.29) is 16.9 Å². The molecule has 12 nitrogen and oxygen atoms in total. The van der Waals surface area contributed by atoms with Gasteiger partial charge in [-0.1, -0.05) is 155 Å². The smallest absolute Gasteiger partial charge is 0.323 e. The predicted molar refractivity (Wildman–Crippen MR) is 214 cm³/mol. The van der Waals surface area contributed by atoms with Crippen LogP contribution in [0.2, 0.25) is 0 Å². The molecule has 0 saturated heterocycles. The summed E-state index contributed by atoms with van der Waals surface area (Å²) in [6.07, 6.45) is 29.1. The van der Waals surface area contributed by atoms with Crippen molar-refractivity contribution in [3.8, 4) is 0 Å². The number of hydrogen-bond acceptors (Lipinski definition) is 5. The first-order valence-electron chi connectivity index (χ1n) is 20.6. The van der Waals surface area contributed by atoms with Gasteiger partial charge in [0.25, 0.3) is 5.91 Å². The van der Waals surface area contributed by atoms with Crippen molar-refractivity contribution in [3.05, 3.63) is 23.8 Å². The Labute approximate surface area is 319 Å². The van der Waals surface area contributed by atoms with Gasteiger partial charge in [-0.3, -0.25) is 14.4 Å². The summed E-state index contributed by atoms with van der Waals surface area (Å²) in [5, 5.41) is 29.5. The summed E-state index contributed by atoms with van der Waals surface area (Å²) < 4.78 is 0. The fraction of sp³-hybridized carbons (Fsp3) is 0.732. The van der Waals surface area contributed by atoms with E-state index >= 15 is 0 Å². The molecule has 0 saturated carbocycles. The number of carbonyl (C=O) groups excluding carboxylic acids is 3. The molecule has 1 aromatic carbocycles. The van der Waals surface area contributed by atoms with Crippen molar-refractivity contribution < 1.29 is 34.2 Å². The average Bonchev–Trinajstić information content (AvgIpc) is 3.11. The zero-order valence-electron chi connectivity index (χ0n) is 32.9. The maximum atomic E-state index is 13.3. The van der Waals surface area contributed by atoms with Gasteiger partial charge in [0, 0.05) is 30.0 Å². The van der Waals surface area contributed by atoms with E-state index in [0.29, 0.717) is 18.0 Å². The number of carboxylic acids is 2. The summed E-state index contributed by atoms with van der Waals surface area (Å²) in [5.74, 6) is -3.61. The number of nitrogens with zero attached hydrogens (tertiary/aromatic N) is 1. The van der Waals surface area contributed by atoms with Crippen molar-refractivity contribution in [1.82, 2.24) is 15.5 Å². The summed E-state index contributed by atoms with van der Waals surface area (Å²) in [7, 11) is 0. The fourth-order valence-electron chi connectivity index (χ4n) is 6.29. The third kappa shape index (κ3) is 26.6. The molecule has 0 radical (unpaired) electrons. The Morgan fingerprint density at radius 2 is 0.774 bits per heavy atom. The first-order chi connectivity index (χ1) is 25.7. The quantitative estimate of drug-likeness (QED) is 0.0388. The molecule has 0 aliphatic carbocycles. The van der Waals surface area contributed by atoms with Gasteiger partial charge in [-0.25, -0.2) is 9.59 Å². The van der Waals surface area contributed by atoms with E-state index in [9.17, 15) is 34.2 Å². The Morgan fingerprint density at radius 3 is 1.08 bits per heavy atom. The Balaban J connectivity index is 2.61. The molecule has 0 heterocycles. The molecule has 53 heavy (non-hydrogen) atoms. The molecule has 5 amide bonds. The van der Waals surface area contributed by atoms with Crippen molar-refractivity contribution in [2.45, 2.75) is 168 Å². The Hall–Kier alpha value is -3.83. The molecule has 0 unspecified atom stereocenters. The molecule has 0 aliphatic rings. The zero-order valence-corrected chi connectivity index (χ0v) is 32.9. The normalized spacial score (nSPS) is 10.8. The topological polar surface area (TPSA) is 177 Å². The molecule has 1 rings (SSSR count). The Morgan fingerprint density at radius 1 is 0.472 bits per heavy atom. The van der Waals surface area contributed by atoms with E-state index in [1.165, 1.54) is 134 Å². The lowest BCUT2D eigenvalue weighted by atomic mass is 10.1. The monoisotopic (exact) mass is 746 g/mol. The van der Waals surface area contributed by atoms with E-state index < -0.39 is 43.0 Å². The zero-order chi connectivity index (χ0) is 38.9. The van der Waals surface area contributed by atoms with E-state index in [1.54, 1.807) is 0 Å². The number of anilines is 2. The largest absolute Gasteiger partial charge is 0.480 e. The Bertz CT molecular complexity index is 1100. The molecule has 1 aromatic rings. The lowest BCUT2D eigenvalue weighted by Gasteiger charge is -2.20. The highest BCUT2D eigenvalue weighted by atomic mass is 16.4. The molecule has 0 atom stereocenters. The molecular formula is C41H71N5O7. The van der Waals surface area contributed by atoms with Gasteiger partial charge >= 0.3 is 24.0 Å². The van der Waals surface area contributed by atoms with Gasteiger partial charge in [0.05, 0.1) is 0 Å². The maximum absolute atomic E-state index is 13.3. The third-order valence-corrected chi connectivity index (χ3v) is 9.27. The number of carboxylic acid groups (broad SMARTS) is 2. The average molecular weight is 746 g/mol. The number of urea groups is 2. The fourth-order valence-corrected chi connectivity index (χ4v) is 6.29. The van der Waals surface area contributed by atoms with Crippen molar-refractivity contribution in [2.75, 3.05) is 36.8 Å². The van der Waals surface area contributed by atoms with Gasteiger partial charge in [-0.05, 0) is 31.0 Å². The summed E-state index contributed by atoms with van der Waals surface area (Å²) in [6.45, 7) is 3.75. The van der Waals surface area contributed by atoms with Crippen molar-refractivity contribution in [1.29, 1.82) is 0 Å². The molecule has 0 aliphatic heterocycles. The highest BCUT2D eigenvalue weighted by Gasteiger charge is 2.22. The highest BCUT2D eigenvalue weighted by molar-refractivity contribution is 6.01. The summed E-state index contributed by atoms with van der Waals surface area (Å²) in [5.41, 5.74) is 0.289. The molecule has 12 heteroatoms. The molecule has 0 aromatic heterocycles. The van der Waals surface area contributed by atoms with Gasteiger partial charge in [0.2, 0.25) is 0 Å². The minimum absolute atomic E-state index is 0.0810. The second kappa shape index (κ2) is 31.7. The van der Waals surface area contributed by atoms with Crippen molar-refractivity contribution in [3.63, 3.8) is 0 Å². The maximum Gasteiger partial charge on any atom is 0.323 e. The van der Waals surface area contributed by atoms with Gasteiger partial charge in [0.1, 0.15) is 13.1 Å². The van der Waals surface area contributed by atoms with Crippen LogP contribution in [0.3, 0.4) is 0 Å². The standard InChI is InChI=1S/C41H71N5O7/c1-3-5-7-9-11-13-15-17-19-21-23-25-27-42-40(52)44-35-29-34(39(51)46(32-37(47)48)33-38(49)50)30-36(31-35)45-41(53)43-28-26-24-22-20-18-16-14-12-10-8-6-4-2/h29-31H,3-28,32-33H2,1-2H3,(H,47,48)(H,49,50)(H2,42,44,52)(H2,43,45,53). The van der Waals surface area contributed by atoms with E-state index in [4.69, 9.17) is 0 Å². The number of carbonyl (C=O) groups is 5. The lowest BCUT2D eigenvalue weighted by Crippen LogP contribution is -2.39. The van der Waals surface area contributed by atoms with Gasteiger partial charge < -0.3 is 36.4 Å². The van der Waals surface area contributed by atoms with Crippen molar-refractivity contribution in [2.24, 2.45) is 0 Å². The van der Waals surface area contributed by atoms with E-state index in [2.05, 4.69) is 35.1 Å². The van der Waals surface area contributed by atoms with Crippen molar-refractivity contribution >= 4 is 41.3 Å². The number of aliphatic carboxylic acids is 2. The molecule has 0 fully saturated rings.